The number of hydrogen-bond acceptors (Lipinski definition) is 6. The molecule has 2 aromatic carbocycles. The fourth-order valence-electron chi connectivity index (χ4n) is 2.58. The highest BCUT2D eigenvalue weighted by Crippen LogP contribution is 2.12. The van der Waals surface area contributed by atoms with Gasteiger partial charge in [-0.05, 0) is 36.6 Å². The number of sulfonamides is 1. The molecule has 4 N–H and O–H groups in total. The number of nitro benzene ring substituents is 1. The van der Waals surface area contributed by atoms with E-state index < -0.39 is 14.9 Å². The molecule has 10 nitrogen and oxygen atoms in total. The fourth-order valence-corrected chi connectivity index (χ4v) is 3.09. The molecule has 2 aromatic rings. The summed E-state index contributed by atoms with van der Waals surface area (Å²) in [6.07, 6.45) is 0.801. The topological polar surface area (TPSA) is 149 Å². The van der Waals surface area contributed by atoms with Crippen molar-refractivity contribution in [1.29, 1.82) is 0 Å². The first-order valence-corrected chi connectivity index (χ1v) is 11.3. The monoisotopic (exact) mass is 449 g/mol. The van der Waals surface area contributed by atoms with E-state index >= 15 is 0 Å². The predicted octanol–water partition coefficient (Wildman–Crippen LogP) is 1.90. The molecule has 0 amide bonds. The summed E-state index contributed by atoms with van der Waals surface area (Å²) < 4.78 is 28.1. The molecule has 0 saturated heterocycles. The fraction of sp³-hybridized carbons (Fsp3) is 0.350. The van der Waals surface area contributed by atoms with Gasteiger partial charge in [0.2, 0.25) is 10.0 Å². The lowest BCUT2D eigenvalue weighted by Gasteiger charge is -2.13. The molecular weight excluding hydrogens is 422 g/mol. The van der Waals surface area contributed by atoms with Crippen molar-refractivity contribution in [2.24, 2.45) is 10.1 Å². The van der Waals surface area contributed by atoms with E-state index in [0.29, 0.717) is 38.8 Å². The van der Waals surface area contributed by atoms with Crippen molar-refractivity contribution in [3.63, 3.8) is 0 Å². The van der Waals surface area contributed by atoms with Crippen LogP contribution in [0.4, 0.5) is 5.69 Å². The summed E-state index contributed by atoms with van der Waals surface area (Å²) >= 11 is 0. The van der Waals surface area contributed by atoms with E-state index in [0.717, 1.165) is 17.5 Å². The third-order valence-corrected chi connectivity index (χ3v) is 5.17. The first kappa shape index (κ1) is 24.3. The van der Waals surface area contributed by atoms with Gasteiger partial charge in [-0.3, -0.25) is 10.1 Å². The molecule has 0 aliphatic carbocycles. The van der Waals surface area contributed by atoms with E-state index in [1.165, 1.54) is 24.3 Å². The molecule has 0 unspecified atom stereocenters. The minimum Gasteiger partial charge on any atom is -0.382 e. The first-order chi connectivity index (χ1) is 14.8. The molecule has 0 fully saturated rings. The van der Waals surface area contributed by atoms with Crippen LogP contribution in [0.2, 0.25) is 0 Å². The standard InChI is InChI=1S/C20H27N5O5S/c1-2-30-13-3-12-22-20(23-14-16-4-8-18(9-5-16)25(26)27)24-15-17-6-10-19(11-7-17)31(21,28)29/h4-11H,2-3,12-15H2,1H3,(H2,21,28,29)(H2,22,23,24). The molecule has 0 saturated carbocycles. The quantitative estimate of drug-likeness (QED) is 0.156. The van der Waals surface area contributed by atoms with Crippen LogP contribution >= 0.6 is 0 Å². The summed E-state index contributed by atoms with van der Waals surface area (Å²) in [5.74, 6) is 0.561. The Morgan fingerprint density at radius 1 is 1.10 bits per heavy atom. The lowest BCUT2D eigenvalue weighted by atomic mass is 10.2. The Bertz CT molecular complexity index is 976. The van der Waals surface area contributed by atoms with Crippen molar-refractivity contribution in [1.82, 2.24) is 10.6 Å². The summed E-state index contributed by atoms with van der Waals surface area (Å²) in [6.45, 7) is 4.64. The predicted molar refractivity (Wildman–Crippen MR) is 118 cm³/mol. The Labute approximate surface area is 181 Å². The number of primary sulfonamides is 1. The van der Waals surface area contributed by atoms with Crippen LogP contribution in [0.1, 0.15) is 24.5 Å². The van der Waals surface area contributed by atoms with Gasteiger partial charge in [0.15, 0.2) is 5.96 Å². The zero-order valence-electron chi connectivity index (χ0n) is 17.3. The molecule has 0 heterocycles. The summed E-state index contributed by atoms with van der Waals surface area (Å²) in [7, 11) is -3.73. The number of hydrogen-bond donors (Lipinski definition) is 3. The second-order valence-corrected chi connectivity index (χ2v) is 8.17. The second kappa shape index (κ2) is 12.0. The van der Waals surface area contributed by atoms with E-state index in [2.05, 4.69) is 15.6 Å². The maximum atomic E-state index is 11.4. The van der Waals surface area contributed by atoms with Crippen LogP contribution in [0.15, 0.2) is 58.4 Å². The van der Waals surface area contributed by atoms with E-state index in [-0.39, 0.29) is 10.6 Å². The van der Waals surface area contributed by atoms with Crippen molar-refractivity contribution in [2.45, 2.75) is 31.3 Å². The largest absolute Gasteiger partial charge is 0.382 e. The van der Waals surface area contributed by atoms with Crippen molar-refractivity contribution < 1.29 is 18.1 Å². The highest BCUT2D eigenvalue weighted by Gasteiger charge is 2.07. The van der Waals surface area contributed by atoms with Crippen LogP contribution in [0.3, 0.4) is 0 Å². The van der Waals surface area contributed by atoms with E-state index in [1.54, 1.807) is 24.3 Å². The molecule has 0 aliphatic heterocycles. The highest BCUT2D eigenvalue weighted by atomic mass is 32.2. The van der Waals surface area contributed by atoms with Crippen LogP contribution in [-0.4, -0.2) is 39.1 Å². The SMILES string of the molecule is CCOCCCNC(=NCc1ccc(S(N)(=O)=O)cc1)NCc1ccc([N+](=O)[O-])cc1. The third kappa shape index (κ3) is 8.70. The van der Waals surface area contributed by atoms with Gasteiger partial charge in [-0.1, -0.05) is 24.3 Å². The molecule has 168 valence electrons. The van der Waals surface area contributed by atoms with Gasteiger partial charge in [0.25, 0.3) is 5.69 Å². The Morgan fingerprint density at radius 3 is 2.32 bits per heavy atom. The van der Waals surface area contributed by atoms with Crippen molar-refractivity contribution in [3.05, 3.63) is 69.8 Å². The van der Waals surface area contributed by atoms with Crippen molar-refractivity contribution in [2.75, 3.05) is 19.8 Å². The normalized spacial score (nSPS) is 11.9. The van der Waals surface area contributed by atoms with Crippen LogP contribution < -0.4 is 15.8 Å². The maximum absolute atomic E-state index is 11.4. The maximum Gasteiger partial charge on any atom is 0.269 e. The van der Waals surface area contributed by atoms with Crippen LogP contribution in [0, 0.1) is 10.1 Å². The number of ether oxygens (including phenoxy) is 1. The zero-order chi connectivity index (χ0) is 22.7. The molecule has 0 aromatic heterocycles. The minimum absolute atomic E-state index is 0.0367. The van der Waals surface area contributed by atoms with E-state index in [4.69, 9.17) is 9.88 Å². The molecule has 0 radical (unpaired) electrons. The number of non-ortho nitro benzene ring substituents is 1. The number of nitrogens with zero attached hydrogens (tertiary/aromatic N) is 2. The average molecular weight is 450 g/mol. The summed E-state index contributed by atoms with van der Waals surface area (Å²) in [5.41, 5.74) is 1.72. The van der Waals surface area contributed by atoms with E-state index in [9.17, 15) is 18.5 Å². The lowest BCUT2D eigenvalue weighted by Crippen LogP contribution is -2.37. The van der Waals surface area contributed by atoms with Gasteiger partial charge in [-0.25, -0.2) is 18.5 Å². The van der Waals surface area contributed by atoms with E-state index in [1.807, 2.05) is 6.92 Å². The van der Waals surface area contributed by atoms with Gasteiger partial charge in [-0.15, -0.1) is 0 Å². The molecule has 11 heteroatoms. The number of aliphatic imine (C=N–C) groups is 1. The van der Waals surface area contributed by atoms with Crippen LogP contribution in [0.5, 0.6) is 0 Å². The first-order valence-electron chi connectivity index (χ1n) is 9.74. The van der Waals surface area contributed by atoms with Gasteiger partial charge < -0.3 is 15.4 Å². The Balaban J connectivity index is 2.01. The van der Waals surface area contributed by atoms with Gasteiger partial charge in [-0.2, -0.15) is 0 Å². The zero-order valence-corrected chi connectivity index (χ0v) is 18.1. The summed E-state index contributed by atoms with van der Waals surface area (Å²) in [4.78, 5) is 14.9. The molecule has 0 aliphatic rings. The second-order valence-electron chi connectivity index (χ2n) is 6.61. The number of benzene rings is 2. The Morgan fingerprint density at radius 2 is 1.74 bits per heavy atom. The van der Waals surface area contributed by atoms with Gasteiger partial charge in [0, 0.05) is 38.4 Å². The third-order valence-electron chi connectivity index (χ3n) is 4.24. The van der Waals surface area contributed by atoms with Crippen molar-refractivity contribution >= 4 is 21.7 Å². The van der Waals surface area contributed by atoms with Crippen LogP contribution in [0.25, 0.3) is 0 Å². The molecule has 0 spiro atoms. The lowest BCUT2D eigenvalue weighted by molar-refractivity contribution is -0.384. The number of nitrogens with two attached hydrogens (primary N) is 1. The number of rotatable bonds is 11. The van der Waals surface area contributed by atoms with Gasteiger partial charge in [0.1, 0.15) is 0 Å². The van der Waals surface area contributed by atoms with Gasteiger partial charge in [0.05, 0.1) is 16.4 Å². The molecule has 0 atom stereocenters. The molecule has 2 rings (SSSR count). The Hall–Kier alpha value is -3.02. The number of guanidine groups is 1. The molecular formula is C20H27N5O5S. The van der Waals surface area contributed by atoms with Crippen LogP contribution in [-0.2, 0) is 27.8 Å². The smallest absolute Gasteiger partial charge is 0.269 e. The van der Waals surface area contributed by atoms with Gasteiger partial charge >= 0.3 is 0 Å². The highest BCUT2D eigenvalue weighted by molar-refractivity contribution is 7.89. The Kier molecular flexibility index (Phi) is 9.38. The van der Waals surface area contributed by atoms with Crippen molar-refractivity contribution in [3.8, 4) is 0 Å². The molecule has 31 heavy (non-hydrogen) atoms. The number of nitro groups is 1. The average Bonchev–Trinajstić information content (AvgIpc) is 2.75. The minimum atomic E-state index is -3.73. The molecule has 0 bridgehead atoms. The number of nitrogens with one attached hydrogen (secondary N) is 2. The summed E-state index contributed by atoms with van der Waals surface area (Å²) in [6, 6.07) is 12.5. The summed E-state index contributed by atoms with van der Waals surface area (Å²) in [5, 5.41) is 22.3.